The van der Waals surface area contributed by atoms with Gasteiger partial charge in [0.25, 0.3) is 0 Å². The standard InChI is InChI=1S/C10H10F3NO3S/c1-2-9(15)7-3-5-8(6-4-7)14-18(16,17)10(11,12)13/h3-6,14H,2H2,1H3. The zero-order valence-corrected chi connectivity index (χ0v) is 10.1. The van der Waals surface area contributed by atoms with Crippen LogP contribution in [0, 0.1) is 0 Å². The van der Waals surface area contributed by atoms with E-state index in [-0.39, 0.29) is 17.9 Å². The van der Waals surface area contributed by atoms with Crippen molar-refractivity contribution in [3.05, 3.63) is 29.8 Å². The largest absolute Gasteiger partial charge is 0.516 e. The van der Waals surface area contributed by atoms with Crippen molar-refractivity contribution in [2.45, 2.75) is 18.9 Å². The summed E-state index contributed by atoms with van der Waals surface area (Å²) in [5.41, 5.74) is -5.31. The third-order valence-electron chi connectivity index (χ3n) is 2.08. The lowest BCUT2D eigenvalue weighted by Crippen LogP contribution is -2.29. The first-order chi connectivity index (χ1) is 8.17. The van der Waals surface area contributed by atoms with Gasteiger partial charge >= 0.3 is 15.5 Å². The lowest BCUT2D eigenvalue weighted by molar-refractivity contribution is -0.0429. The normalized spacial score (nSPS) is 12.2. The first kappa shape index (κ1) is 14.5. The van der Waals surface area contributed by atoms with Crippen LogP contribution < -0.4 is 4.72 Å². The summed E-state index contributed by atoms with van der Waals surface area (Å²) < 4.78 is 59.2. The molecule has 1 N–H and O–H groups in total. The molecule has 0 radical (unpaired) electrons. The summed E-state index contributed by atoms with van der Waals surface area (Å²) in [5.74, 6) is -0.180. The molecule has 0 aromatic heterocycles. The van der Waals surface area contributed by atoms with Crippen molar-refractivity contribution in [3.8, 4) is 0 Å². The highest BCUT2D eigenvalue weighted by Gasteiger charge is 2.45. The van der Waals surface area contributed by atoms with E-state index >= 15 is 0 Å². The Balaban J connectivity index is 2.92. The van der Waals surface area contributed by atoms with Gasteiger partial charge in [-0.2, -0.15) is 21.6 Å². The van der Waals surface area contributed by atoms with Gasteiger partial charge in [0.2, 0.25) is 0 Å². The predicted molar refractivity (Wildman–Crippen MR) is 59.7 cm³/mol. The van der Waals surface area contributed by atoms with Crippen LogP contribution in [-0.2, 0) is 10.0 Å². The number of carbonyl (C=O) groups excluding carboxylic acids is 1. The Labute approximate surface area is 102 Å². The molecule has 8 heteroatoms. The van der Waals surface area contributed by atoms with Gasteiger partial charge in [-0.15, -0.1) is 0 Å². The van der Waals surface area contributed by atoms with Crippen LogP contribution in [0.15, 0.2) is 24.3 Å². The van der Waals surface area contributed by atoms with E-state index in [2.05, 4.69) is 0 Å². The minimum atomic E-state index is -5.42. The number of nitrogens with one attached hydrogen (secondary N) is 1. The molecule has 1 rings (SSSR count). The number of halogens is 3. The highest BCUT2D eigenvalue weighted by Crippen LogP contribution is 2.25. The Kier molecular flexibility index (Phi) is 4.00. The maximum Gasteiger partial charge on any atom is 0.516 e. The maximum atomic E-state index is 12.1. The van der Waals surface area contributed by atoms with Crippen molar-refractivity contribution >= 4 is 21.5 Å². The average molecular weight is 281 g/mol. The molecule has 0 amide bonds. The third-order valence-corrected chi connectivity index (χ3v) is 3.20. The molecular weight excluding hydrogens is 271 g/mol. The number of hydrogen-bond acceptors (Lipinski definition) is 3. The summed E-state index contributed by atoms with van der Waals surface area (Å²) in [7, 11) is -5.42. The molecule has 100 valence electrons. The number of alkyl halides is 3. The summed E-state index contributed by atoms with van der Waals surface area (Å²) in [4.78, 5) is 11.3. The molecule has 1 aromatic rings. The van der Waals surface area contributed by atoms with Crippen molar-refractivity contribution < 1.29 is 26.4 Å². The van der Waals surface area contributed by atoms with E-state index in [0.717, 1.165) is 12.1 Å². The van der Waals surface area contributed by atoms with E-state index < -0.39 is 15.5 Å². The molecule has 0 aliphatic heterocycles. The van der Waals surface area contributed by atoms with E-state index in [1.807, 2.05) is 0 Å². The van der Waals surface area contributed by atoms with E-state index in [4.69, 9.17) is 0 Å². The van der Waals surface area contributed by atoms with Gasteiger partial charge in [0.15, 0.2) is 5.78 Å². The first-order valence-electron chi connectivity index (χ1n) is 4.89. The van der Waals surface area contributed by atoms with Gasteiger partial charge in [-0.1, -0.05) is 6.92 Å². The summed E-state index contributed by atoms with van der Waals surface area (Å²) in [5, 5.41) is 0. The number of hydrogen-bond donors (Lipinski definition) is 1. The van der Waals surface area contributed by atoms with E-state index in [1.165, 1.54) is 16.9 Å². The number of sulfonamides is 1. The monoisotopic (exact) mass is 281 g/mol. The van der Waals surface area contributed by atoms with Gasteiger partial charge in [0.1, 0.15) is 0 Å². The molecule has 0 unspecified atom stereocenters. The highest BCUT2D eigenvalue weighted by atomic mass is 32.2. The number of rotatable bonds is 4. The Morgan fingerprint density at radius 1 is 1.22 bits per heavy atom. The SMILES string of the molecule is CCC(=O)c1ccc(NS(=O)(=O)C(F)(F)F)cc1. The van der Waals surface area contributed by atoms with Crippen LogP contribution in [-0.4, -0.2) is 19.7 Å². The number of benzene rings is 1. The Bertz CT molecular complexity index is 534. The number of anilines is 1. The molecule has 0 spiro atoms. The smallest absolute Gasteiger partial charge is 0.294 e. The van der Waals surface area contributed by atoms with E-state index in [1.54, 1.807) is 6.92 Å². The van der Waals surface area contributed by atoms with Gasteiger partial charge in [-0.05, 0) is 24.3 Å². The average Bonchev–Trinajstić information content (AvgIpc) is 2.27. The topological polar surface area (TPSA) is 63.2 Å². The fourth-order valence-corrected chi connectivity index (χ4v) is 1.70. The van der Waals surface area contributed by atoms with Crippen LogP contribution >= 0.6 is 0 Å². The molecule has 0 atom stereocenters. The molecule has 4 nitrogen and oxygen atoms in total. The minimum absolute atomic E-state index is 0.180. The fraction of sp³-hybridized carbons (Fsp3) is 0.300. The Hall–Kier alpha value is -1.57. The van der Waals surface area contributed by atoms with Crippen LogP contribution in [0.2, 0.25) is 0 Å². The Morgan fingerprint density at radius 3 is 2.11 bits per heavy atom. The molecule has 0 fully saturated rings. The molecule has 0 saturated heterocycles. The molecular formula is C10H10F3NO3S. The second kappa shape index (κ2) is 4.97. The van der Waals surface area contributed by atoms with Crippen molar-refractivity contribution in [3.63, 3.8) is 0 Å². The lowest BCUT2D eigenvalue weighted by Gasteiger charge is -2.10. The molecule has 0 aliphatic rings. The second-order valence-corrected chi connectivity index (χ2v) is 5.08. The van der Waals surface area contributed by atoms with Crippen LogP contribution in [0.25, 0.3) is 0 Å². The molecule has 18 heavy (non-hydrogen) atoms. The van der Waals surface area contributed by atoms with E-state index in [0.29, 0.717) is 5.56 Å². The lowest BCUT2D eigenvalue weighted by atomic mass is 10.1. The summed E-state index contributed by atoms with van der Waals surface area (Å²) >= 11 is 0. The molecule has 0 aliphatic carbocycles. The summed E-state index contributed by atoms with van der Waals surface area (Å²) in [6.45, 7) is 1.64. The van der Waals surface area contributed by atoms with Crippen molar-refractivity contribution in [2.75, 3.05) is 4.72 Å². The number of Topliss-reactive ketones (excluding diaryl/α,β-unsaturated/α-hetero) is 1. The third kappa shape index (κ3) is 3.22. The van der Waals surface area contributed by atoms with Crippen molar-refractivity contribution in [1.82, 2.24) is 0 Å². The highest BCUT2D eigenvalue weighted by molar-refractivity contribution is 7.93. The van der Waals surface area contributed by atoms with Gasteiger partial charge in [-0.25, -0.2) is 0 Å². The van der Waals surface area contributed by atoms with Crippen LogP contribution in [0.3, 0.4) is 0 Å². The van der Waals surface area contributed by atoms with Crippen molar-refractivity contribution in [2.24, 2.45) is 0 Å². The van der Waals surface area contributed by atoms with Crippen LogP contribution in [0.1, 0.15) is 23.7 Å². The molecule has 0 heterocycles. The molecule has 0 saturated carbocycles. The zero-order valence-electron chi connectivity index (χ0n) is 9.28. The van der Waals surface area contributed by atoms with Gasteiger partial charge in [0.05, 0.1) is 0 Å². The number of ketones is 1. The predicted octanol–water partition coefficient (Wildman–Crippen LogP) is 2.54. The number of carbonyl (C=O) groups is 1. The quantitative estimate of drug-likeness (QED) is 0.863. The first-order valence-corrected chi connectivity index (χ1v) is 6.38. The van der Waals surface area contributed by atoms with Crippen LogP contribution in [0.5, 0.6) is 0 Å². The molecule has 1 aromatic carbocycles. The summed E-state index contributed by atoms with van der Waals surface area (Å²) in [6, 6.07) is 4.73. The fourth-order valence-electron chi connectivity index (χ4n) is 1.14. The molecule has 0 bridgehead atoms. The van der Waals surface area contributed by atoms with Gasteiger partial charge in [0, 0.05) is 17.7 Å². The minimum Gasteiger partial charge on any atom is -0.294 e. The van der Waals surface area contributed by atoms with Gasteiger partial charge < -0.3 is 0 Å². The Morgan fingerprint density at radius 2 is 1.72 bits per heavy atom. The maximum absolute atomic E-state index is 12.1. The van der Waals surface area contributed by atoms with Crippen molar-refractivity contribution in [1.29, 1.82) is 0 Å². The van der Waals surface area contributed by atoms with E-state index in [9.17, 15) is 26.4 Å². The van der Waals surface area contributed by atoms with Gasteiger partial charge in [-0.3, -0.25) is 9.52 Å². The second-order valence-electron chi connectivity index (χ2n) is 3.41. The zero-order chi connectivity index (χ0) is 14.0. The van der Waals surface area contributed by atoms with Crippen LogP contribution in [0.4, 0.5) is 18.9 Å². The summed E-state index contributed by atoms with van der Waals surface area (Å²) in [6.07, 6.45) is 0.258.